The van der Waals surface area contributed by atoms with Gasteiger partial charge in [-0.25, -0.2) is 4.99 Å². The zero-order valence-electron chi connectivity index (χ0n) is 22.5. The molecular formula is C27H37Cl3N3O3PS2. The van der Waals surface area contributed by atoms with E-state index in [0.29, 0.717) is 71.9 Å². The minimum atomic E-state index is -3.39. The Morgan fingerprint density at radius 2 is 1.74 bits per heavy atom. The highest BCUT2D eigenvalue weighted by Crippen LogP contribution is 2.63. The molecule has 3 rings (SSSR count). The molecule has 39 heavy (non-hydrogen) atoms. The Hall–Kier alpha value is -0.570. The number of unbranched alkanes of at least 4 members (excludes halogenated alkanes) is 3. The third kappa shape index (κ3) is 10.3. The van der Waals surface area contributed by atoms with Gasteiger partial charge < -0.3 is 14.2 Å². The van der Waals surface area contributed by atoms with Gasteiger partial charge in [-0.15, -0.1) is 11.8 Å². The van der Waals surface area contributed by atoms with Crippen molar-refractivity contribution < 1.29 is 13.8 Å². The van der Waals surface area contributed by atoms with Gasteiger partial charge >= 0.3 is 6.72 Å². The lowest BCUT2D eigenvalue weighted by Crippen LogP contribution is -2.48. The van der Waals surface area contributed by atoms with Crippen LogP contribution in [-0.4, -0.2) is 66.5 Å². The zero-order chi connectivity index (χ0) is 28.1. The second kappa shape index (κ2) is 17.4. The van der Waals surface area contributed by atoms with Crippen molar-refractivity contribution in [2.45, 2.75) is 44.4 Å². The minimum absolute atomic E-state index is 0.320. The van der Waals surface area contributed by atoms with E-state index in [-0.39, 0.29) is 0 Å². The highest BCUT2D eigenvalue weighted by Gasteiger charge is 2.38. The number of thioether (sulfide) groups is 1. The van der Waals surface area contributed by atoms with E-state index >= 15 is 0 Å². The van der Waals surface area contributed by atoms with E-state index in [9.17, 15) is 4.57 Å². The van der Waals surface area contributed by atoms with Crippen molar-refractivity contribution in [3.8, 4) is 0 Å². The molecule has 1 unspecified atom stereocenters. The van der Waals surface area contributed by atoms with E-state index in [2.05, 4.69) is 24.0 Å². The fraction of sp³-hybridized carbons (Fsp3) is 0.519. The summed E-state index contributed by atoms with van der Waals surface area (Å²) in [5, 5.41) is 1.08. The number of halogens is 3. The van der Waals surface area contributed by atoms with E-state index in [0.717, 1.165) is 36.3 Å². The third-order valence-corrected chi connectivity index (χ3v) is 12.4. The molecule has 0 aromatic heterocycles. The van der Waals surface area contributed by atoms with Crippen molar-refractivity contribution in [1.82, 2.24) is 9.57 Å². The summed E-state index contributed by atoms with van der Waals surface area (Å²) in [6.45, 7) is 3.71. The second-order valence-electron chi connectivity index (χ2n) is 8.79. The lowest BCUT2D eigenvalue weighted by Gasteiger charge is -2.39. The first kappa shape index (κ1) is 32.9. The molecule has 0 spiro atoms. The molecule has 1 saturated heterocycles. The first-order chi connectivity index (χ1) is 18.9. The smallest absolute Gasteiger partial charge is 0.355 e. The Kier molecular flexibility index (Phi) is 14.7. The normalized spacial score (nSPS) is 15.8. The van der Waals surface area contributed by atoms with Gasteiger partial charge in [0.25, 0.3) is 0 Å². The predicted molar refractivity (Wildman–Crippen MR) is 171 cm³/mol. The largest absolute Gasteiger partial charge is 0.378 e. The molecule has 0 bridgehead atoms. The number of rotatable bonds is 14. The van der Waals surface area contributed by atoms with E-state index in [1.165, 1.54) is 11.4 Å². The van der Waals surface area contributed by atoms with Crippen LogP contribution in [0.25, 0.3) is 0 Å². The number of benzene rings is 2. The zero-order valence-corrected chi connectivity index (χ0v) is 27.3. The molecule has 0 amide bonds. The molecular weight excluding hydrogens is 616 g/mol. The quantitative estimate of drug-likeness (QED) is 0.0662. The van der Waals surface area contributed by atoms with E-state index in [1.807, 2.05) is 29.8 Å². The standard InChI is InChI=1S/C27H37Cl3N3O3PS2/c1-3-5-6-10-18-39-37(34,36-4-2)33(15-19-38-23-11-8-7-9-12-23)27(32-13-16-35-17-14-32)31-26-24(29)20-22(28)21-25(26)30/h7-9,11-12,20-21H,3-6,10,13-19H2,1-2H3. The first-order valence-electron chi connectivity index (χ1n) is 13.3. The van der Waals surface area contributed by atoms with Gasteiger partial charge in [-0.05, 0) is 49.0 Å². The minimum Gasteiger partial charge on any atom is -0.378 e. The Morgan fingerprint density at radius 3 is 2.38 bits per heavy atom. The Labute approximate surface area is 256 Å². The van der Waals surface area contributed by atoms with Crippen molar-refractivity contribution in [3.05, 3.63) is 57.5 Å². The van der Waals surface area contributed by atoms with E-state index in [4.69, 9.17) is 49.1 Å². The van der Waals surface area contributed by atoms with E-state index in [1.54, 1.807) is 23.9 Å². The number of nitrogens with zero attached hydrogens (tertiary/aromatic N) is 3. The Balaban J connectivity index is 2.02. The van der Waals surface area contributed by atoms with Crippen molar-refractivity contribution in [3.63, 3.8) is 0 Å². The van der Waals surface area contributed by atoms with Gasteiger partial charge in [0.15, 0.2) is 0 Å². The van der Waals surface area contributed by atoms with Gasteiger partial charge in [-0.2, -0.15) is 0 Å². The molecule has 2 aromatic carbocycles. The summed E-state index contributed by atoms with van der Waals surface area (Å²) in [7, 11) is 0. The van der Waals surface area contributed by atoms with Crippen LogP contribution in [0.5, 0.6) is 0 Å². The van der Waals surface area contributed by atoms with E-state index < -0.39 is 6.72 Å². The van der Waals surface area contributed by atoms with Crippen molar-refractivity contribution in [2.75, 3.05) is 51.0 Å². The number of aliphatic imine (C=N–C) groups is 1. The van der Waals surface area contributed by atoms with Crippen LogP contribution in [0.4, 0.5) is 5.69 Å². The maximum Gasteiger partial charge on any atom is 0.355 e. The monoisotopic (exact) mass is 651 g/mol. The van der Waals surface area contributed by atoms with Crippen LogP contribution in [0.3, 0.4) is 0 Å². The number of morpholine rings is 1. The number of ether oxygens (including phenoxy) is 1. The van der Waals surface area contributed by atoms with Crippen molar-refractivity contribution >= 4 is 76.3 Å². The molecule has 1 aliphatic heterocycles. The lowest BCUT2D eigenvalue weighted by atomic mass is 10.2. The first-order valence-corrected chi connectivity index (χ1v) is 18.6. The predicted octanol–water partition coefficient (Wildman–Crippen LogP) is 9.52. The Bertz CT molecular complexity index is 1090. The van der Waals surface area contributed by atoms with Gasteiger partial charge in [0.2, 0.25) is 5.96 Å². The topological polar surface area (TPSA) is 54.4 Å². The summed E-state index contributed by atoms with van der Waals surface area (Å²) in [5.74, 6) is 1.94. The summed E-state index contributed by atoms with van der Waals surface area (Å²) < 4.78 is 28.3. The van der Waals surface area contributed by atoms with Crippen molar-refractivity contribution in [2.24, 2.45) is 4.99 Å². The highest BCUT2D eigenvalue weighted by molar-refractivity contribution is 8.56. The van der Waals surface area contributed by atoms with Gasteiger partial charge in [0.1, 0.15) is 5.69 Å². The molecule has 216 valence electrons. The summed E-state index contributed by atoms with van der Waals surface area (Å²) >= 11 is 22.4. The van der Waals surface area contributed by atoms with Crippen LogP contribution in [0, 0.1) is 0 Å². The molecule has 1 atom stereocenters. The fourth-order valence-electron chi connectivity index (χ4n) is 3.94. The Morgan fingerprint density at radius 1 is 1.05 bits per heavy atom. The molecule has 1 aliphatic rings. The molecule has 1 heterocycles. The average Bonchev–Trinajstić information content (AvgIpc) is 2.92. The number of guanidine groups is 1. The third-order valence-electron chi connectivity index (χ3n) is 5.87. The maximum atomic E-state index is 14.7. The van der Waals surface area contributed by atoms with Crippen LogP contribution in [-0.2, 0) is 13.8 Å². The second-order valence-corrected chi connectivity index (χ2v) is 15.7. The van der Waals surface area contributed by atoms with Crippen LogP contribution in [0.15, 0.2) is 52.4 Å². The van der Waals surface area contributed by atoms with Crippen LogP contribution >= 0.6 is 64.7 Å². The summed E-state index contributed by atoms with van der Waals surface area (Å²) in [6.07, 6.45) is 4.37. The molecule has 2 aromatic rings. The highest BCUT2D eigenvalue weighted by atomic mass is 35.5. The van der Waals surface area contributed by atoms with Gasteiger partial charge in [-0.1, -0.05) is 79.2 Å². The van der Waals surface area contributed by atoms with Gasteiger partial charge in [-0.3, -0.25) is 9.24 Å². The summed E-state index contributed by atoms with van der Waals surface area (Å²) in [4.78, 5) is 8.20. The van der Waals surface area contributed by atoms with Crippen LogP contribution in [0.1, 0.15) is 39.5 Å². The molecule has 1 fully saturated rings. The SMILES string of the molecule is CCCCCCSP(=O)(OCC)N(CCSc1ccccc1)C(=Nc1c(Cl)cc(Cl)cc1Cl)N1CCOCC1. The summed E-state index contributed by atoms with van der Waals surface area (Å²) in [6, 6.07) is 13.4. The molecule has 0 radical (unpaired) electrons. The van der Waals surface area contributed by atoms with Crippen LogP contribution < -0.4 is 0 Å². The number of hydrogen-bond acceptors (Lipinski definition) is 6. The summed E-state index contributed by atoms with van der Waals surface area (Å²) in [5.41, 5.74) is 0.390. The van der Waals surface area contributed by atoms with Crippen molar-refractivity contribution in [1.29, 1.82) is 0 Å². The van der Waals surface area contributed by atoms with Gasteiger partial charge in [0.05, 0.1) is 29.9 Å². The molecule has 12 heteroatoms. The molecule has 6 nitrogen and oxygen atoms in total. The molecule has 0 N–H and O–H groups in total. The molecule has 0 saturated carbocycles. The lowest BCUT2D eigenvalue weighted by molar-refractivity contribution is 0.0643. The van der Waals surface area contributed by atoms with Crippen LogP contribution in [0.2, 0.25) is 15.1 Å². The molecule has 0 aliphatic carbocycles. The van der Waals surface area contributed by atoms with Gasteiger partial charge in [0, 0.05) is 41.1 Å². The fourth-order valence-corrected chi connectivity index (χ4v) is 10.3. The maximum absolute atomic E-state index is 14.7. The average molecular weight is 653 g/mol. The number of hydrogen-bond donors (Lipinski definition) is 0.